The molecule has 1 unspecified atom stereocenters. The maximum Gasteiger partial charge on any atom is 0.328 e. The van der Waals surface area contributed by atoms with Crippen molar-refractivity contribution in [1.29, 1.82) is 0 Å². The number of hydrogen-bond acceptors (Lipinski definition) is 8. The van der Waals surface area contributed by atoms with E-state index in [0.717, 1.165) is 4.90 Å². The Morgan fingerprint density at radius 2 is 2.13 bits per heavy atom. The van der Waals surface area contributed by atoms with E-state index < -0.39 is 49.8 Å². The van der Waals surface area contributed by atoms with E-state index in [4.69, 9.17) is 4.74 Å². The summed E-state index contributed by atoms with van der Waals surface area (Å²) in [5.74, 6) is -3.03. The van der Waals surface area contributed by atoms with Gasteiger partial charge in [0.2, 0.25) is 5.91 Å². The van der Waals surface area contributed by atoms with Gasteiger partial charge in [-0.2, -0.15) is 0 Å². The minimum Gasteiger partial charge on any atom is -0.480 e. The van der Waals surface area contributed by atoms with E-state index in [-0.39, 0.29) is 32.7 Å². The van der Waals surface area contributed by atoms with Crippen molar-refractivity contribution >= 4 is 33.6 Å². The highest BCUT2D eigenvalue weighted by atomic mass is 32.2. The average molecular weight is 444 g/mol. The quantitative estimate of drug-likeness (QED) is 0.242. The lowest BCUT2D eigenvalue weighted by molar-refractivity contribution is -0.743. The fourth-order valence-corrected chi connectivity index (χ4v) is 6.08. The molecule has 0 aromatic carbocycles. The molecular formula is C16H22N5O8S+. The number of β-lactam (4-membered cyclic amide) rings is 1. The van der Waals surface area contributed by atoms with Crippen LogP contribution in [0.15, 0.2) is 12.4 Å². The van der Waals surface area contributed by atoms with Gasteiger partial charge in [-0.1, -0.05) is 0 Å². The number of ether oxygens (including phenoxy) is 1. The largest absolute Gasteiger partial charge is 0.480 e. The van der Waals surface area contributed by atoms with Crippen LogP contribution in [0.25, 0.3) is 0 Å². The Balaban J connectivity index is 1.71. The Labute approximate surface area is 171 Å². The second-order valence-corrected chi connectivity index (χ2v) is 9.79. The number of amides is 2. The number of hydrogen-bond donors (Lipinski definition) is 2. The van der Waals surface area contributed by atoms with Crippen LogP contribution in [0.1, 0.15) is 20.3 Å². The van der Waals surface area contributed by atoms with Crippen molar-refractivity contribution in [3.05, 3.63) is 12.4 Å². The van der Waals surface area contributed by atoms with Crippen LogP contribution in [0.5, 0.6) is 0 Å². The normalized spacial score (nSPS) is 26.6. The third kappa shape index (κ3) is 3.51. The Morgan fingerprint density at radius 3 is 2.73 bits per heavy atom. The molecule has 2 aliphatic heterocycles. The fourth-order valence-electron chi connectivity index (χ4n) is 3.73. The zero-order valence-corrected chi connectivity index (χ0v) is 17.2. The smallest absolute Gasteiger partial charge is 0.328 e. The van der Waals surface area contributed by atoms with Crippen molar-refractivity contribution in [2.24, 2.45) is 0 Å². The zero-order chi connectivity index (χ0) is 22.3. The molecule has 30 heavy (non-hydrogen) atoms. The van der Waals surface area contributed by atoms with Gasteiger partial charge >= 0.3 is 11.9 Å². The number of nitrogens with one attached hydrogen (secondary N) is 1. The lowest BCUT2D eigenvalue weighted by Gasteiger charge is -2.35. The van der Waals surface area contributed by atoms with Crippen molar-refractivity contribution in [2.75, 3.05) is 13.2 Å². The number of aromatic nitrogens is 3. The lowest BCUT2D eigenvalue weighted by Crippen LogP contribution is -2.58. The molecule has 1 aromatic heterocycles. The summed E-state index contributed by atoms with van der Waals surface area (Å²) in [6.45, 7) is 2.26. The van der Waals surface area contributed by atoms with Crippen molar-refractivity contribution < 1.29 is 42.1 Å². The summed E-state index contributed by atoms with van der Waals surface area (Å²) in [5, 5.41) is 14.9. The SMILES string of the molecule is CCOC(=O)CNC(=O)C[n+]1ccn(C[C@@]2(C)[C@H](C(=O)O)N3C(=O)CC3S2(=O)=O)n1. The van der Waals surface area contributed by atoms with Gasteiger partial charge in [0.05, 0.1) is 18.2 Å². The van der Waals surface area contributed by atoms with Crippen LogP contribution in [0, 0.1) is 0 Å². The summed E-state index contributed by atoms with van der Waals surface area (Å²) in [6, 6.07) is -1.53. The van der Waals surface area contributed by atoms with Crippen molar-refractivity contribution in [2.45, 2.75) is 49.5 Å². The number of sulfone groups is 1. The molecule has 0 radical (unpaired) electrons. The van der Waals surface area contributed by atoms with Gasteiger partial charge in [0.25, 0.3) is 5.91 Å². The Hall–Kier alpha value is -3.03. The predicted octanol–water partition coefficient (Wildman–Crippen LogP) is -2.95. The van der Waals surface area contributed by atoms with Gasteiger partial charge in [0, 0.05) is 0 Å². The molecule has 0 bridgehead atoms. The van der Waals surface area contributed by atoms with Gasteiger partial charge in [-0.05, 0) is 13.8 Å². The van der Waals surface area contributed by atoms with E-state index in [0.29, 0.717) is 0 Å². The summed E-state index contributed by atoms with van der Waals surface area (Å²) in [6.07, 6.45) is 2.57. The fraction of sp³-hybridized carbons (Fsp3) is 0.625. The molecule has 0 spiro atoms. The molecule has 2 saturated heterocycles. The first-order valence-electron chi connectivity index (χ1n) is 9.14. The van der Waals surface area contributed by atoms with Gasteiger partial charge in [-0.15, -0.1) is 9.36 Å². The summed E-state index contributed by atoms with van der Waals surface area (Å²) in [7, 11) is -3.97. The molecule has 1 aromatic rings. The molecule has 2 N–H and O–H groups in total. The van der Waals surface area contributed by atoms with Crippen LogP contribution < -0.4 is 10.00 Å². The van der Waals surface area contributed by atoms with E-state index in [1.807, 2.05) is 0 Å². The number of nitrogens with zero attached hydrogens (tertiary/aromatic N) is 4. The molecule has 3 heterocycles. The van der Waals surface area contributed by atoms with E-state index in [9.17, 15) is 32.7 Å². The highest BCUT2D eigenvalue weighted by molar-refractivity contribution is 7.93. The number of esters is 1. The Morgan fingerprint density at radius 1 is 1.43 bits per heavy atom. The monoisotopic (exact) mass is 444 g/mol. The molecule has 14 heteroatoms. The summed E-state index contributed by atoms with van der Waals surface area (Å²) < 4.78 is 31.2. The van der Waals surface area contributed by atoms with Crippen LogP contribution >= 0.6 is 0 Å². The standard InChI is InChI=1S/C16H21N5O8S/c1-3-29-13(24)7-17-10(22)8-19-4-5-20(18-19)9-16(2)14(15(25)26)21-11(23)6-12(21)30(16,27)28/h4-5,12,14H,3,6-9H2,1-2H3,(H-,17,22,25,26)/p+1/t12?,14-,16-/m0/s1. The first-order chi connectivity index (χ1) is 14.0. The molecular weight excluding hydrogens is 422 g/mol. The third-order valence-corrected chi connectivity index (χ3v) is 7.97. The van der Waals surface area contributed by atoms with Crippen molar-refractivity contribution in [3.63, 3.8) is 0 Å². The van der Waals surface area contributed by atoms with Gasteiger partial charge in [-0.3, -0.25) is 14.4 Å². The molecule has 13 nitrogen and oxygen atoms in total. The minimum absolute atomic E-state index is 0.191. The predicted molar refractivity (Wildman–Crippen MR) is 96.1 cm³/mol. The third-order valence-electron chi connectivity index (χ3n) is 5.20. The van der Waals surface area contributed by atoms with Crippen LogP contribution in [0.4, 0.5) is 0 Å². The Bertz CT molecular complexity index is 1010. The first-order valence-corrected chi connectivity index (χ1v) is 10.7. The van der Waals surface area contributed by atoms with E-state index in [1.54, 1.807) is 6.92 Å². The molecule has 2 fully saturated rings. The van der Waals surface area contributed by atoms with Gasteiger partial charge < -0.3 is 20.1 Å². The Kier molecular flexibility index (Phi) is 5.54. The second kappa shape index (κ2) is 7.66. The topological polar surface area (TPSA) is 169 Å². The van der Waals surface area contributed by atoms with E-state index >= 15 is 0 Å². The molecule has 2 aliphatic rings. The van der Waals surface area contributed by atoms with Gasteiger partial charge in [0.15, 0.2) is 34.8 Å². The van der Waals surface area contributed by atoms with E-state index in [2.05, 4.69) is 10.5 Å². The van der Waals surface area contributed by atoms with Crippen molar-refractivity contribution in [3.8, 4) is 0 Å². The van der Waals surface area contributed by atoms with E-state index in [1.165, 1.54) is 28.7 Å². The first kappa shape index (κ1) is 21.7. The van der Waals surface area contributed by atoms with Crippen LogP contribution in [-0.4, -0.2) is 81.4 Å². The number of carboxylic acids is 1. The van der Waals surface area contributed by atoms with Crippen LogP contribution in [0.2, 0.25) is 0 Å². The maximum absolute atomic E-state index is 12.9. The molecule has 2 amide bonds. The second-order valence-electron chi connectivity index (χ2n) is 7.22. The molecule has 3 rings (SSSR count). The van der Waals surface area contributed by atoms with Crippen molar-refractivity contribution in [1.82, 2.24) is 20.1 Å². The lowest BCUT2D eigenvalue weighted by atomic mass is 9.96. The average Bonchev–Trinajstić information content (AvgIpc) is 3.12. The summed E-state index contributed by atoms with van der Waals surface area (Å²) in [5.41, 5.74) is 0. The molecule has 3 atom stereocenters. The minimum atomic E-state index is -3.97. The highest BCUT2D eigenvalue weighted by Gasteiger charge is 2.71. The molecule has 0 aliphatic carbocycles. The van der Waals surface area contributed by atoms with Gasteiger partial charge in [-0.25, -0.2) is 13.2 Å². The summed E-state index contributed by atoms with van der Waals surface area (Å²) in [4.78, 5) is 47.7. The molecule has 164 valence electrons. The molecule has 0 saturated carbocycles. The number of aliphatic carboxylic acids is 1. The van der Waals surface area contributed by atoms with Crippen LogP contribution in [0.3, 0.4) is 0 Å². The number of carboxylic acid groups (broad SMARTS) is 1. The summed E-state index contributed by atoms with van der Waals surface area (Å²) >= 11 is 0. The number of fused-ring (bicyclic) bond motifs is 1. The number of carbonyl (C=O) groups is 4. The van der Waals surface area contributed by atoms with Gasteiger partial charge in [0.1, 0.15) is 23.2 Å². The maximum atomic E-state index is 12.9. The van der Waals surface area contributed by atoms with Crippen LogP contribution in [-0.2, 0) is 46.8 Å². The number of carbonyl (C=O) groups excluding carboxylic acids is 3. The number of rotatable bonds is 8. The zero-order valence-electron chi connectivity index (χ0n) is 16.3. The highest BCUT2D eigenvalue weighted by Crippen LogP contribution is 2.46.